The van der Waals surface area contributed by atoms with E-state index < -0.39 is 0 Å². The Morgan fingerprint density at radius 1 is 0.343 bits per heavy atom. The standard InChI is InChI=1S/C61H37N5O/c1-3-16-38(17-4-1)39-30-32-40(33-31-39)59-62-60(48-25-15-28-52-56(48)47-24-10-13-27-51(47)65(52)43-20-5-2-6-21-43)64-61(63-59)57-53(35-34-46-45-23-11-14-29-55(45)67-58(46)57)66-50-26-12-9-22-44(50)49-36-41-18-7-8-19-42(41)37-54(49)66/h1-37H. The number of benzene rings is 10. The van der Waals surface area contributed by atoms with Gasteiger partial charge in [0.25, 0.3) is 0 Å². The molecule has 0 spiro atoms. The Balaban J connectivity index is 1.10. The van der Waals surface area contributed by atoms with Crippen LogP contribution in [0.25, 0.3) is 133 Å². The van der Waals surface area contributed by atoms with Crippen LogP contribution >= 0.6 is 0 Å². The first-order chi connectivity index (χ1) is 33.2. The fraction of sp³-hybridized carbons (Fsp3) is 0. The molecule has 67 heavy (non-hydrogen) atoms. The van der Waals surface area contributed by atoms with E-state index in [1.54, 1.807) is 0 Å². The summed E-state index contributed by atoms with van der Waals surface area (Å²) >= 11 is 0. The Morgan fingerprint density at radius 3 is 1.75 bits per heavy atom. The Labute approximate surface area is 384 Å². The molecule has 6 nitrogen and oxygen atoms in total. The summed E-state index contributed by atoms with van der Waals surface area (Å²) in [4.78, 5) is 16.5. The predicted molar refractivity (Wildman–Crippen MR) is 275 cm³/mol. The van der Waals surface area contributed by atoms with Gasteiger partial charge in [0, 0.05) is 49.1 Å². The van der Waals surface area contributed by atoms with Crippen LogP contribution in [0.1, 0.15) is 0 Å². The molecular formula is C61H37N5O. The van der Waals surface area contributed by atoms with Crippen molar-refractivity contribution in [3.05, 3.63) is 224 Å². The van der Waals surface area contributed by atoms with Crippen LogP contribution in [0.3, 0.4) is 0 Å². The maximum absolute atomic E-state index is 6.99. The van der Waals surface area contributed by atoms with E-state index in [2.05, 4.69) is 215 Å². The van der Waals surface area contributed by atoms with E-state index in [1.807, 2.05) is 18.2 Å². The smallest absolute Gasteiger partial charge is 0.170 e. The molecule has 0 aliphatic heterocycles. The summed E-state index contributed by atoms with van der Waals surface area (Å²) in [5.41, 5.74) is 12.7. The van der Waals surface area contributed by atoms with E-state index in [-0.39, 0.29) is 0 Å². The summed E-state index contributed by atoms with van der Waals surface area (Å²) < 4.78 is 11.7. The average Bonchev–Trinajstić information content (AvgIpc) is 4.05. The second-order valence-corrected chi connectivity index (χ2v) is 17.1. The average molecular weight is 856 g/mol. The minimum atomic E-state index is 0.516. The zero-order chi connectivity index (χ0) is 44.0. The van der Waals surface area contributed by atoms with Gasteiger partial charge < -0.3 is 13.6 Å². The molecule has 0 saturated carbocycles. The number of hydrogen-bond acceptors (Lipinski definition) is 4. The van der Waals surface area contributed by atoms with Crippen LogP contribution in [0.2, 0.25) is 0 Å². The van der Waals surface area contributed by atoms with Crippen molar-refractivity contribution in [2.24, 2.45) is 0 Å². The third kappa shape index (κ3) is 5.80. The number of hydrogen-bond donors (Lipinski definition) is 0. The van der Waals surface area contributed by atoms with Crippen LogP contribution < -0.4 is 0 Å². The lowest BCUT2D eigenvalue weighted by atomic mass is 10.0. The van der Waals surface area contributed by atoms with Crippen molar-refractivity contribution in [1.29, 1.82) is 0 Å². The van der Waals surface area contributed by atoms with Crippen LogP contribution in [0.4, 0.5) is 0 Å². The molecule has 0 fully saturated rings. The zero-order valence-corrected chi connectivity index (χ0v) is 36.0. The van der Waals surface area contributed by atoms with E-state index in [0.717, 1.165) is 99.2 Å². The van der Waals surface area contributed by atoms with Crippen LogP contribution in [-0.4, -0.2) is 24.1 Å². The minimum absolute atomic E-state index is 0.516. The molecule has 14 aromatic rings. The summed E-state index contributed by atoms with van der Waals surface area (Å²) in [7, 11) is 0. The predicted octanol–water partition coefficient (Wildman–Crippen LogP) is 15.8. The van der Waals surface area contributed by atoms with Gasteiger partial charge in [-0.1, -0.05) is 164 Å². The van der Waals surface area contributed by atoms with Gasteiger partial charge in [0.05, 0.1) is 33.3 Å². The number of nitrogens with zero attached hydrogens (tertiary/aromatic N) is 5. The Kier molecular flexibility index (Phi) is 8.18. The van der Waals surface area contributed by atoms with Gasteiger partial charge in [-0.05, 0) is 82.6 Å². The van der Waals surface area contributed by atoms with Crippen LogP contribution in [-0.2, 0) is 0 Å². The summed E-state index contributed by atoms with van der Waals surface area (Å²) in [6.07, 6.45) is 0. The SMILES string of the molecule is c1ccc(-c2ccc(-c3nc(-c4c(-n5c6ccccc6c6cc7ccccc7cc65)ccc5c4oc4ccccc45)nc(-c4cccc5c4c4ccccc4n5-c4ccccc4)n3)cc2)cc1. The third-order valence-corrected chi connectivity index (χ3v) is 13.4. The molecule has 0 saturated heterocycles. The van der Waals surface area contributed by atoms with Crippen LogP contribution in [0, 0.1) is 0 Å². The maximum atomic E-state index is 6.99. The van der Waals surface area contributed by atoms with Gasteiger partial charge in [0.2, 0.25) is 0 Å². The lowest BCUT2D eigenvalue weighted by Gasteiger charge is -2.16. The first-order valence-electron chi connectivity index (χ1n) is 22.6. The Morgan fingerprint density at radius 2 is 0.940 bits per heavy atom. The number of rotatable bonds is 6. The van der Waals surface area contributed by atoms with Gasteiger partial charge in [-0.3, -0.25) is 0 Å². The van der Waals surface area contributed by atoms with Crippen molar-refractivity contribution in [2.45, 2.75) is 0 Å². The molecule has 0 unspecified atom stereocenters. The van der Waals surface area contributed by atoms with Gasteiger partial charge in [-0.15, -0.1) is 0 Å². The molecule has 14 rings (SSSR count). The van der Waals surface area contributed by atoms with Gasteiger partial charge in [0.1, 0.15) is 11.2 Å². The van der Waals surface area contributed by atoms with Gasteiger partial charge >= 0.3 is 0 Å². The van der Waals surface area contributed by atoms with E-state index in [9.17, 15) is 0 Å². The third-order valence-electron chi connectivity index (χ3n) is 13.4. The number of furan rings is 1. The first kappa shape index (κ1) is 37.3. The molecule has 0 N–H and O–H groups in total. The maximum Gasteiger partial charge on any atom is 0.170 e. The molecule has 0 radical (unpaired) electrons. The quantitative estimate of drug-likeness (QED) is 0.167. The zero-order valence-electron chi connectivity index (χ0n) is 36.0. The Bertz CT molecular complexity index is 4260. The van der Waals surface area contributed by atoms with Crippen LogP contribution in [0.5, 0.6) is 0 Å². The number of para-hydroxylation sites is 4. The first-order valence-corrected chi connectivity index (χ1v) is 22.6. The van der Waals surface area contributed by atoms with Crippen molar-refractivity contribution in [3.63, 3.8) is 0 Å². The van der Waals surface area contributed by atoms with Crippen molar-refractivity contribution >= 4 is 76.3 Å². The van der Waals surface area contributed by atoms with E-state index in [0.29, 0.717) is 23.1 Å². The monoisotopic (exact) mass is 855 g/mol. The molecule has 312 valence electrons. The summed E-state index contributed by atoms with van der Waals surface area (Å²) in [6.45, 7) is 0. The van der Waals surface area contributed by atoms with Crippen molar-refractivity contribution in [3.8, 4) is 56.7 Å². The molecule has 0 amide bonds. The lowest BCUT2D eigenvalue weighted by Crippen LogP contribution is -2.04. The summed E-state index contributed by atoms with van der Waals surface area (Å²) in [6, 6.07) is 79.1. The molecular weight excluding hydrogens is 819 g/mol. The summed E-state index contributed by atoms with van der Waals surface area (Å²) in [5, 5.41) is 8.90. The number of fused-ring (bicyclic) bond motifs is 10. The fourth-order valence-electron chi connectivity index (χ4n) is 10.3. The fourth-order valence-corrected chi connectivity index (χ4v) is 10.3. The molecule has 6 heteroatoms. The normalized spacial score (nSPS) is 11.9. The summed E-state index contributed by atoms with van der Waals surface area (Å²) in [5.74, 6) is 1.65. The highest BCUT2D eigenvalue weighted by Gasteiger charge is 2.26. The molecule has 4 heterocycles. The minimum Gasteiger partial charge on any atom is -0.455 e. The van der Waals surface area contributed by atoms with E-state index in [4.69, 9.17) is 19.4 Å². The van der Waals surface area contributed by atoms with Crippen molar-refractivity contribution < 1.29 is 4.42 Å². The molecule has 0 aliphatic rings. The van der Waals surface area contributed by atoms with Crippen molar-refractivity contribution in [1.82, 2.24) is 24.1 Å². The van der Waals surface area contributed by atoms with E-state index in [1.165, 1.54) is 10.8 Å². The largest absolute Gasteiger partial charge is 0.455 e. The number of aromatic nitrogens is 5. The molecule has 10 aromatic carbocycles. The van der Waals surface area contributed by atoms with Crippen molar-refractivity contribution in [2.75, 3.05) is 0 Å². The molecule has 0 bridgehead atoms. The van der Waals surface area contributed by atoms with Crippen LogP contribution in [0.15, 0.2) is 229 Å². The Hall–Kier alpha value is -9.13. The topological polar surface area (TPSA) is 61.7 Å². The van der Waals surface area contributed by atoms with E-state index >= 15 is 0 Å². The molecule has 0 aliphatic carbocycles. The second-order valence-electron chi connectivity index (χ2n) is 17.1. The van der Waals surface area contributed by atoms with Gasteiger partial charge in [-0.2, -0.15) is 0 Å². The molecule has 4 aromatic heterocycles. The highest BCUT2D eigenvalue weighted by molar-refractivity contribution is 6.17. The highest BCUT2D eigenvalue weighted by Crippen LogP contribution is 2.44. The van der Waals surface area contributed by atoms with Gasteiger partial charge in [0.15, 0.2) is 17.5 Å². The lowest BCUT2D eigenvalue weighted by molar-refractivity contribution is 0.669. The second kappa shape index (κ2) is 14.7. The van der Waals surface area contributed by atoms with Gasteiger partial charge in [-0.25, -0.2) is 15.0 Å². The highest BCUT2D eigenvalue weighted by atomic mass is 16.3. The molecule has 0 atom stereocenters.